The summed E-state index contributed by atoms with van der Waals surface area (Å²) in [6.07, 6.45) is 2.10. The number of nitrogens with one attached hydrogen (secondary N) is 1. The van der Waals surface area contributed by atoms with Gasteiger partial charge in [-0.25, -0.2) is 0 Å². The molecule has 27 heavy (non-hydrogen) atoms. The van der Waals surface area contributed by atoms with Crippen molar-refractivity contribution in [2.45, 2.75) is 12.5 Å². The summed E-state index contributed by atoms with van der Waals surface area (Å²) in [5.41, 5.74) is 2.42. The maximum atomic E-state index is 13.2. The molecule has 0 bridgehead atoms. The smallest absolute Gasteiger partial charge is 0.254 e. The number of benzene rings is 2. The Morgan fingerprint density at radius 2 is 1.93 bits per heavy atom. The van der Waals surface area contributed by atoms with Crippen LogP contribution in [0.15, 0.2) is 77.4 Å². The van der Waals surface area contributed by atoms with Crippen molar-refractivity contribution < 1.29 is 14.0 Å². The first-order valence-corrected chi connectivity index (χ1v) is 8.99. The highest BCUT2D eigenvalue weighted by molar-refractivity contribution is 5.99. The molecule has 1 unspecified atom stereocenters. The van der Waals surface area contributed by atoms with Crippen molar-refractivity contribution >= 4 is 11.8 Å². The number of hydrogen-bond acceptors (Lipinski definition) is 3. The van der Waals surface area contributed by atoms with E-state index in [0.29, 0.717) is 30.8 Å². The van der Waals surface area contributed by atoms with Gasteiger partial charge in [-0.1, -0.05) is 42.5 Å². The van der Waals surface area contributed by atoms with Crippen LogP contribution >= 0.6 is 0 Å². The lowest BCUT2D eigenvalue weighted by molar-refractivity contribution is -0.127. The van der Waals surface area contributed by atoms with E-state index in [1.54, 1.807) is 17.2 Å². The lowest BCUT2D eigenvalue weighted by Gasteiger charge is -2.35. The van der Waals surface area contributed by atoms with Crippen LogP contribution in [0.5, 0.6) is 0 Å². The average Bonchev–Trinajstić information content (AvgIpc) is 3.25. The summed E-state index contributed by atoms with van der Waals surface area (Å²) >= 11 is 0. The van der Waals surface area contributed by atoms with Crippen LogP contribution in [0, 0.1) is 0 Å². The number of piperazine rings is 1. The van der Waals surface area contributed by atoms with E-state index in [0.717, 1.165) is 11.1 Å². The molecule has 1 aromatic heterocycles. The van der Waals surface area contributed by atoms with Crippen molar-refractivity contribution in [3.63, 3.8) is 0 Å². The number of amides is 2. The van der Waals surface area contributed by atoms with Crippen molar-refractivity contribution in [3.05, 3.63) is 84.1 Å². The monoisotopic (exact) mass is 360 g/mol. The molecule has 1 N–H and O–H groups in total. The van der Waals surface area contributed by atoms with Crippen LogP contribution in [0.2, 0.25) is 0 Å². The summed E-state index contributed by atoms with van der Waals surface area (Å²) < 4.78 is 5.43. The molecule has 2 heterocycles. The predicted molar refractivity (Wildman–Crippen MR) is 102 cm³/mol. The molecular weight excluding hydrogens is 340 g/mol. The highest BCUT2D eigenvalue weighted by Gasteiger charge is 2.33. The fourth-order valence-corrected chi connectivity index (χ4v) is 3.41. The molecule has 2 amide bonds. The first-order chi connectivity index (χ1) is 13.2. The summed E-state index contributed by atoms with van der Waals surface area (Å²) in [4.78, 5) is 27.3. The standard InChI is InChI=1S/C22H20N2O3/c25-21-19(14-16-6-2-1-3-7-16)24(12-11-23-21)22(26)18-9-4-8-17(15-18)20-10-5-13-27-20/h1-10,13,15,19H,11-12,14H2,(H,23,25). The zero-order valence-electron chi connectivity index (χ0n) is 14.8. The molecule has 0 spiro atoms. The second-order valence-electron chi connectivity index (χ2n) is 6.55. The van der Waals surface area contributed by atoms with E-state index in [1.807, 2.05) is 60.7 Å². The topological polar surface area (TPSA) is 62.6 Å². The first-order valence-electron chi connectivity index (χ1n) is 8.99. The minimum absolute atomic E-state index is 0.111. The van der Waals surface area contributed by atoms with Gasteiger partial charge in [-0.15, -0.1) is 0 Å². The van der Waals surface area contributed by atoms with E-state index >= 15 is 0 Å². The van der Waals surface area contributed by atoms with Gasteiger partial charge in [0.2, 0.25) is 5.91 Å². The van der Waals surface area contributed by atoms with Gasteiger partial charge in [0.05, 0.1) is 6.26 Å². The Hall–Kier alpha value is -3.34. The summed E-state index contributed by atoms with van der Waals surface area (Å²) in [6, 6.07) is 20.3. The van der Waals surface area contributed by atoms with Crippen LogP contribution < -0.4 is 5.32 Å². The molecule has 4 rings (SSSR count). The van der Waals surface area contributed by atoms with Gasteiger partial charge in [-0.3, -0.25) is 9.59 Å². The van der Waals surface area contributed by atoms with Gasteiger partial charge in [0, 0.05) is 30.6 Å². The molecular formula is C22H20N2O3. The fraction of sp³-hybridized carbons (Fsp3) is 0.182. The normalized spacial score (nSPS) is 16.8. The first kappa shape index (κ1) is 17.1. The lowest BCUT2D eigenvalue weighted by Crippen LogP contribution is -2.58. The summed E-state index contributed by atoms with van der Waals surface area (Å²) in [5.74, 6) is 0.460. The van der Waals surface area contributed by atoms with Gasteiger partial charge in [-0.05, 0) is 29.8 Å². The number of carbonyl (C=O) groups is 2. The van der Waals surface area contributed by atoms with E-state index in [-0.39, 0.29) is 11.8 Å². The summed E-state index contributed by atoms with van der Waals surface area (Å²) in [7, 11) is 0. The third-order valence-corrected chi connectivity index (χ3v) is 4.78. The van der Waals surface area contributed by atoms with Crippen LogP contribution in [0.4, 0.5) is 0 Å². The van der Waals surface area contributed by atoms with Gasteiger partial charge in [0.1, 0.15) is 11.8 Å². The van der Waals surface area contributed by atoms with E-state index < -0.39 is 6.04 Å². The third kappa shape index (κ3) is 3.62. The van der Waals surface area contributed by atoms with Crippen molar-refractivity contribution in [2.75, 3.05) is 13.1 Å². The molecule has 1 atom stereocenters. The largest absolute Gasteiger partial charge is 0.464 e. The maximum Gasteiger partial charge on any atom is 0.254 e. The second kappa shape index (κ2) is 7.50. The Morgan fingerprint density at radius 3 is 2.70 bits per heavy atom. The molecule has 5 nitrogen and oxygen atoms in total. The molecule has 1 aliphatic heterocycles. The van der Waals surface area contributed by atoms with Crippen molar-refractivity contribution in [2.24, 2.45) is 0 Å². The Balaban J connectivity index is 1.61. The zero-order chi connectivity index (χ0) is 18.6. The highest BCUT2D eigenvalue weighted by atomic mass is 16.3. The Bertz CT molecular complexity index is 935. The number of hydrogen-bond donors (Lipinski definition) is 1. The Morgan fingerprint density at radius 1 is 1.07 bits per heavy atom. The van der Waals surface area contributed by atoms with Gasteiger partial charge in [-0.2, -0.15) is 0 Å². The molecule has 5 heteroatoms. The number of nitrogens with zero attached hydrogens (tertiary/aromatic N) is 1. The quantitative estimate of drug-likeness (QED) is 0.778. The summed E-state index contributed by atoms with van der Waals surface area (Å²) in [5, 5.41) is 2.87. The molecule has 1 aliphatic rings. The van der Waals surface area contributed by atoms with E-state index in [4.69, 9.17) is 4.42 Å². The van der Waals surface area contributed by atoms with Crippen LogP contribution in [-0.4, -0.2) is 35.8 Å². The predicted octanol–water partition coefficient (Wildman–Crippen LogP) is 3.13. The minimum Gasteiger partial charge on any atom is -0.464 e. The maximum absolute atomic E-state index is 13.2. The van der Waals surface area contributed by atoms with E-state index in [9.17, 15) is 9.59 Å². The molecule has 1 fully saturated rings. The molecule has 0 radical (unpaired) electrons. The molecule has 3 aromatic rings. The van der Waals surface area contributed by atoms with E-state index in [1.165, 1.54) is 0 Å². The lowest BCUT2D eigenvalue weighted by atomic mass is 10.0. The Labute approximate surface area is 157 Å². The minimum atomic E-state index is -0.513. The molecule has 1 saturated heterocycles. The number of rotatable bonds is 4. The zero-order valence-corrected chi connectivity index (χ0v) is 14.8. The molecule has 0 saturated carbocycles. The van der Waals surface area contributed by atoms with Gasteiger partial charge < -0.3 is 14.6 Å². The van der Waals surface area contributed by atoms with Crippen molar-refractivity contribution in [1.82, 2.24) is 10.2 Å². The van der Waals surface area contributed by atoms with E-state index in [2.05, 4.69) is 5.32 Å². The fourth-order valence-electron chi connectivity index (χ4n) is 3.41. The number of furan rings is 1. The molecule has 2 aromatic carbocycles. The third-order valence-electron chi connectivity index (χ3n) is 4.78. The van der Waals surface area contributed by atoms with Crippen LogP contribution in [0.25, 0.3) is 11.3 Å². The Kier molecular flexibility index (Phi) is 4.75. The van der Waals surface area contributed by atoms with Crippen LogP contribution in [0.3, 0.4) is 0 Å². The molecule has 136 valence electrons. The van der Waals surface area contributed by atoms with Gasteiger partial charge in [0.15, 0.2) is 0 Å². The van der Waals surface area contributed by atoms with Crippen LogP contribution in [0.1, 0.15) is 15.9 Å². The van der Waals surface area contributed by atoms with Crippen molar-refractivity contribution in [1.29, 1.82) is 0 Å². The van der Waals surface area contributed by atoms with Gasteiger partial charge in [0.25, 0.3) is 5.91 Å². The SMILES string of the molecule is O=C1NCCN(C(=O)c2cccc(-c3ccco3)c2)C1Cc1ccccc1. The molecule has 0 aliphatic carbocycles. The second-order valence-corrected chi connectivity index (χ2v) is 6.55. The van der Waals surface area contributed by atoms with Gasteiger partial charge >= 0.3 is 0 Å². The van der Waals surface area contributed by atoms with Crippen LogP contribution in [-0.2, 0) is 11.2 Å². The number of carbonyl (C=O) groups excluding carboxylic acids is 2. The van der Waals surface area contributed by atoms with Crippen molar-refractivity contribution in [3.8, 4) is 11.3 Å². The summed E-state index contributed by atoms with van der Waals surface area (Å²) in [6.45, 7) is 0.959. The average molecular weight is 360 g/mol. The highest BCUT2D eigenvalue weighted by Crippen LogP contribution is 2.23.